The number of aromatic nitrogens is 2. The number of carbonyl (C=O) groups is 1. The van der Waals surface area contributed by atoms with Gasteiger partial charge in [-0.25, -0.2) is 0 Å². The van der Waals surface area contributed by atoms with Gasteiger partial charge in [0.1, 0.15) is 17.1 Å². The zero-order valence-corrected chi connectivity index (χ0v) is 18.7. The molecule has 0 bridgehead atoms. The number of hydrogen-bond donors (Lipinski definition) is 1. The van der Waals surface area contributed by atoms with E-state index in [2.05, 4.69) is 63.8 Å². The number of amides is 1. The lowest BCUT2D eigenvalue weighted by Crippen LogP contribution is -2.25. The molecule has 4 aromatic rings. The second kappa shape index (κ2) is 8.58. The largest absolute Gasteiger partial charge is 0.497 e. The minimum absolute atomic E-state index is 0.0174. The van der Waals surface area contributed by atoms with Crippen LogP contribution in [0.4, 0.5) is 0 Å². The Bertz CT molecular complexity index is 1250. The average Bonchev–Trinajstić information content (AvgIpc) is 3.26. The quantitative estimate of drug-likeness (QED) is 0.438. The van der Waals surface area contributed by atoms with Gasteiger partial charge in [0.15, 0.2) is 0 Å². The highest BCUT2D eigenvalue weighted by atomic mass is 16.5. The molecule has 0 unspecified atom stereocenters. The summed E-state index contributed by atoms with van der Waals surface area (Å²) in [4.78, 5) is 13.5. The van der Waals surface area contributed by atoms with E-state index in [1.54, 1.807) is 7.11 Å². The van der Waals surface area contributed by atoms with Crippen LogP contribution in [0.2, 0.25) is 0 Å². The summed E-state index contributed by atoms with van der Waals surface area (Å²) in [5.41, 5.74) is 7.58. The van der Waals surface area contributed by atoms with Crippen LogP contribution in [-0.2, 0) is 13.0 Å². The minimum Gasteiger partial charge on any atom is -0.497 e. The molecule has 0 saturated carbocycles. The maximum Gasteiger partial charge on any atom is 0.268 e. The number of nitrogens with one attached hydrogen (secondary N) is 1. The van der Waals surface area contributed by atoms with Gasteiger partial charge in [-0.3, -0.25) is 9.20 Å². The molecule has 5 heteroatoms. The van der Waals surface area contributed by atoms with Crippen molar-refractivity contribution in [3.05, 3.63) is 72.1 Å². The maximum absolute atomic E-state index is 13.5. The Labute approximate surface area is 188 Å². The number of nitrogens with zero attached hydrogens (tertiary/aromatic N) is 2. The number of methoxy groups -OCH3 is 1. The van der Waals surface area contributed by atoms with Crippen LogP contribution in [0.5, 0.6) is 5.75 Å². The fourth-order valence-electron chi connectivity index (χ4n) is 4.84. The van der Waals surface area contributed by atoms with Crippen molar-refractivity contribution < 1.29 is 9.53 Å². The molecule has 0 atom stereocenters. The van der Waals surface area contributed by atoms with Crippen molar-refractivity contribution in [3.63, 3.8) is 0 Å². The highest BCUT2D eigenvalue weighted by Crippen LogP contribution is 2.39. The predicted molar refractivity (Wildman–Crippen MR) is 128 cm³/mol. The van der Waals surface area contributed by atoms with E-state index in [0.717, 1.165) is 66.1 Å². The van der Waals surface area contributed by atoms with E-state index >= 15 is 0 Å². The summed E-state index contributed by atoms with van der Waals surface area (Å²) in [5, 5.41) is 3.12. The summed E-state index contributed by atoms with van der Waals surface area (Å²) in [6.45, 7) is 3.69. The zero-order valence-electron chi connectivity index (χ0n) is 18.7. The van der Waals surface area contributed by atoms with Crippen LogP contribution in [0.25, 0.3) is 28.0 Å². The molecule has 5 nitrogen and oxygen atoms in total. The van der Waals surface area contributed by atoms with Gasteiger partial charge in [0.2, 0.25) is 0 Å². The van der Waals surface area contributed by atoms with Crippen molar-refractivity contribution in [2.45, 2.75) is 39.2 Å². The monoisotopic (exact) mass is 427 g/mol. The predicted octanol–water partition coefficient (Wildman–Crippen LogP) is 5.56. The molecule has 2 aromatic carbocycles. The van der Waals surface area contributed by atoms with Gasteiger partial charge in [0, 0.05) is 30.4 Å². The van der Waals surface area contributed by atoms with E-state index in [1.165, 1.54) is 11.1 Å². The van der Waals surface area contributed by atoms with Gasteiger partial charge in [0.05, 0.1) is 12.8 Å². The number of benzene rings is 2. The van der Waals surface area contributed by atoms with E-state index in [9.17, 15) is 4.79 Å². The van der Waals surface area contributed by atoms with Crippen molar-refractivity contribution in [3.8, 4) is 28.1 Å². The Morgan fingerprint density at radius 1 is 1.03 bits per heavy atom. The summed E-state index contributed by atoms with van der Waals surface area (Å²) < 4.78 is 9.90. The van der Waals surface area contributed by atoms with Gasteiger partial charge in [-0.15, -0.1) is 0 Å². The summed E-state index contributed by atoms with van der Waals surface area (Å²) in [5.74, 6) is 0.799. The molecular formula is C27H29N3O2. The Hall–Kier alpha value is -3.47. The molecule has 5 rings (SSSR count). The third kappa shape index (κ3) is 3.38. The highest BCUT2D eigenvalue weighted by Gasteiger charge is 2.29. The molecular weight excluding hydrogens is 398 g/mol. The fraction of sp³-hybridized carbons (Fsp3) is 0.296. The smallest absolute Gasteiger partial charge is 0.268 e. The number of hydrogen-bond acceptors (Lipinski definition) is 2. The number of aryl methyl sites for hydroxylation is 2. The lowest BCUT2D eigenvalue weighted by Gasteiger charge is -2.10. The van der Waals surface area contributed by atoms with Crippen molar-refractivity contribution >= 4 is 11.6 Å². The zero-order chi connectivity index (χ0) is 22.1. The summed E-state index contributed by atoms with van der Waals surface area (Å²) in [6.07, 6.45) is 6.24. The van der Waals surface area contributed by atoms with Crippen LogP contribution in [0.3, 0.4) is 0 Å². The molecule has 2 aromatic heterocycles. The molecule has 1 N–H and O–H groups in total. The van der Waals surface area contributed by atoms with E-state index in [1.807, 2.05) is 18.2 Å². The van der Waals surface area contributed by atoms with Crippen LogP contribution in [0.1, 0.15) is 42.2 Å². The molecule has 0 spiro atoms. The Balaban J connectivity index is 1.79. The topological polar surface area (TPSA) is 47.7 Å². The molecule has 3 heterocycles. The number of carbonyl (C=O) groups excluding carboxylic acids is 1. The Morgan fingerprint density at radius 2 is 1.81 bits per heavy atom. The van der Waals surface area contributed by atoms with E-state index < -0.39 is 0 Å². The summed E-state index contributed by atoms with van der Waals surface area (Å²) in [6, 6.07) is 18.5. The molecule has 0 saturated heterocycles. The molecule has 1 aliphatic rings. The first-order valence-electron chi connectivity index (χ1n) is 11.5. The lowest BCUT2D eigenvalue weighted by molar-refractivity contribution is 0.0948. The van der Waals surface area contributed by atoms with Gasteiger partial charge >= 0.3 is 0 Å². The molecule has 0 fully saturated rings. The second-order valence-electron chi connectivity index (χ2n) is 8.37. The third-order valence-electron chi connectivity index (χ3n) is 6.33. The lowest BCUT2D eigenvalue weighted by atomic mass is 9.97. The molecule has 0 aliphatic carbocycles. The molecule has 1 amide bonds. The minimum atomic E-state index is -0.0174. The fourth-order valence-corrected chi connectivity index (χ4v) is 4.84. The normalized spacial score (nSPS) is 13.2. The number of imidazole rings is 1. The van der Waals surface area contributed by atoms with E-state index in [4.69, 9.17) is 4.74 Å². The number of ether oxygens (including phenoxy) is 1. The van der Waals surface area contributed by atoms with Crippen LogP contribution in [0.15, 0.2) is 60.8 Å². The molecule has 1 aliphatic heterocycles. The van der Waals surface area contributed by atoms with Crippen LogP contribution < -0.4 is 10.1 Å². The Morgan fingerprint density at radius 3 is 2.53 bits per heavy atom. The average molecular weight is 428 g/mol. The van der Waals surface area contributed by atoms with E-state index in [0.29, 0.717) is 6.54 Å². The van der Waals surface area contributed by atoms with Crippen LogP contribution >= 0.6 is 0 Å². The molecule has 32 heavy (non-hydrogen) atoms. The molecule has 0 radical (unpaired) electrons. The van der Waals surface area contributed by atoms with Gasteiger partial charge < -0.3 is 14.6 Å². The number of rotatable bonds is 6. The van der Waals surface area contributed by atoms with Crippen LogP contribution in [0, 0.1) is 0 Å². The third-order valence-corrected chi connectivity index (χ3v) is 6.33. The van der Waals surface area contributed by atoms with Gasteiger partial charge in [-0.1, -0.05) is 49.4 Å². The maximum atomic E-state index is 13.5. The second-order valence-corrected chi connectivity index (χ2v) is 8.37. The SMILES string of the molecule is CCCNC(=O)c1c(-c2ccc(OC)cc2)c2c3n(c(-c4ccccc4)cn13)CCCC2. The van der Waals surface area contributed by atoms with Gasteiger partial charge in [-0.05, 0) is 48.9 Å². The first-order valence-corrected chi connectivity index (χ1v) is 11.5. The Kier molecular flexibility index (Phi) is 5.48. The van der Waals surface area contributed by atoms with Crippen molar-refractivity contribution in [1.29, 1.82) is 0 Å². The van der Waals surface area contributed by atoms with E-state index in [-0.39, 0.29) is 5.91 Å². The van der Waals surface area contributed by atoms with Crippen molar-refractivity contribution in [2.75, 3.05) is 13.7 Å². The standard InChI is InChI=1S/C27H29N3O2/c1-3-16-28-26(31)25-24(20-12-14-21(32-2)15-13-20)22-11-7-8-17-29-23(18-30(25)27(22)29)19-9-5-4-6-10-19/h4-6,9-10,12-15,18H,3,7-8,11,16-17H2,1-2H3,(H,28,31). The van der Waals surface area contributed by atoms with Gasteiger partial charge in [0.25, 0.3) is 5.91 Å². The first-order chi connectivity index (χ1) is 15.7. The van der Waals surface area contributed by atoms with Crippen LogP contribution in [-0.4, -0.2) is 28.5 Å². The van der Waals surface area contributed by atoms with Gasteiger partial charge in [-0.2, -0.15) is 0 Å². The summed E-state index contributed by atoms with van der Waals surface area (Å²) >= 11 is 0. The van der Waals surface area contributed by atoms with Crippen molar-refractivity contribution in [2.24, 2.45) is 0 Å². The van der Waals surface area contributed by atoms with Crippen molar-refractivity contribution in [1.82, 2.24) is 14.3 Å². The highest BCUT2D eigenvalue weighted by molar-refractivity contribution is 6.03. The first kappa shape index (κ1) is 20.4. The summed E-state index contributed by atoms with van der Waals surface area (Å²) in [7, 11) is 1.67. The molecule has 164 valence electrons.